The number of hydrogen-bond acceptors (Lipinski definition) is 4. The Balaban J connectivity index is 1.30. The molecule has 170 valence electrons. The Morgan fingerprint density at radius 2 is 1.62 bits per heavy atom. The van der Waals surface area contributed by atoms with Crippen LogP contribution in [0.3, 0.4) is 0 Å². The van der Waals surface area contributed by atoms with Gasteiger partial charge >= 0.3 is 0 Å². The summed E-state index contributed by atoms with van der Waals surface area (Å²) in [4.78, 5) is 30.4. The summed E-state index contributed by atoms with van der Waals surface area (Å²) in [6, 6.07) is 23.5. The molecule has 2 aromatic carbocycles. The molecule has 1 N–H and O–H groups in total. The minimum Gasteiger partial charge on any atom is -0.310 e. The van der Waals surface area contributed by atoms with Crippen LogP contribution in [0.25, 0.3) is 16.9 Å². The van der Waals surface area contributed by atoms with Gasteiger partial charge in [-0.1, -0.05) is 66.7 Å². The molecule has 0 saturated carbocycles. The van der Waals surface area contributed by atoms with Gasteiger partial charge in [-0.2, -0.15) is 5.10 Å². The van der Waals surface area contributed by atoms with E-state index in [1.807, 2.05) is 90.3 Å². The monoisotopic (exact) mass is 451 g/mol. The van der Waals surface area contributed by atoms with Crippen LogP contribution in [0.1, 0.15) is 30.4 Å². The Morgan fingerprint density at radius 3 is 2.35 bits per heavy atom. The second-order valence-corrected chi connectivity index (χ2v) is 8.29. The average molecular weight is 452 g/mol. The molecule has 0 atom stereocenters. The van der Waals surface area contributed by atoms with Gasteiger partial charge in [0.2, 0.25) is 11.8 Å². The van der Waals surface area contributed by atoms with Crippen LogP contribution in [0.2, 0.25) is 0 Å². The molecule has 0 saturated heterocycles. The van der Waals surface area contributed by atoms with Crippen molar-refractivity contribution >= 4 is 29.0 Å². The maximum absolute atomic E-state index is 12.9. The van der Waals surface area contributed by atoms with Crippen molar-refractivity contribution in [2.45, 2.75) is 26.2 Å². The van der Waals surface area contributed by atoms with Crippen LogP contribution in [0.4, 0.5) is 5.82 Å². The van der Waals surface area contributed by atoms with Gasteiger partial charge in [-0.3, -0.25) is 14.0 Å². The molecule has 2 aromatic heterocycles. The largest absolute Gasteiger partial charge is 0.310 e. The number of fused-ring (bicyclic) bond motifs is 1. The van der Waals surface area contributed by atoms with Crippen molar-refractivity contribution in [1.82, 2.24) is 14.4 Å². The number of anilines is 1. The third-order valence-corrected chi connectivity index (χ3v) is 5.91. The molecule has 0 bridgehead atoms. The van der Waals surface area contributed by atoms with Crippen molar-refractivity contribution in [3.05, 3.63) is 90.1 Å². The molecule has 0 aliphatic carbocycles. The summed E-state index contributed by atoms with van der Waals surface area (Å²) in [5.74, 6) is 0.214. The van der Waals surface area contributed by atoms with E-state index in [0.717, 1.165) is 28.0 Å². The summed E-state index contributed by atoms with van der Waals surface area (Å²) >= 11 is 0. The fourth-order valence-corrected chi connectivity index (χ4v) is 4.14. The van der Waals surface area contributed by atoms with Gasteiger partial charge in [-0.15, -0.1) is 0 Å². The fraction of sp³-hybridized carbons (Fsp3) is 0.185. The highest BCUT2D eigenvalue weighted by molar-refractivity contribution is 6.03. The number of rotatable bonds is 6. The molecule has 5 rings (SSSR count). The van der Waals surface area contributed by atoms with E-state index < -0.39 is 0 Å². The standard InChI is InChI=1S/C27H25N5O2/c1-19-9-8-17-31-26(19)29-25(21-12-6-3-7-13-21)27(31)28-23(33)14-15-24(34)32-18-16-22(30-32)20-10-4-2-5-11-20/h2-13,17H,14-16,18H2,1H3,(H,28,33). The number of hydrazone groups is 1. The van der Waals surface area contributed by atoms with Crippen molar-refractivity contribution in [1.29, 1.82) is 0 Å². The molecule has 7 heteroatoms. The van der Waals surface area contributed by atoms with Crippen LogP contribution in [0.15, 0.2) is 84.1 Å². The zero-order valence-electron chi connectivity index (χ0n) is 18.9. The lowest BCUT2D eigenvalue weighted by Crippen LogP contribution is -2.25. The van der Waals surface area contributed by atoms with Gasteiger partial charge in [0.15, 0.2) is 0 Å². The molecule has 0 fully saturated rings. The zero-order valence-corrected chi connectivity index (χ0v) is 18.9. The van der Waals surface area contributed by atoms with Gasteiger partial charge in [0.05, 0.1) is 12.3 Å². The van der Waals surface area contributed by atoms with E-state index in [1.54, 1.807) is 0 Å². The second kappa shape index (κ2) is 9.31. The lowest BCUT2D eigenvalue weighted by molar-refractivity contribution is -0.132. The van der Waals surface area contributed by atoms with Crippen molar-refractivity contribution in [3.63, 3.8) is 0 Å². The second-order valence-electron chi connectivity index (χ2n) is 8.29. The lowest BCUT2D eigenvalue weighted by atomic mass is 10.1. The van der Waals surface area contributed by atoms with Crippen molar-refractivity contribution in [2.24, 2.45) is 5.10 Å². The first-order chi connectivity index (χ1) is 16.6. The fourth-order valence-electron chi connectivity index (χ4n) is 4.14. The predicted octanol–water partition coefficient (Wildman–Crippen LogP) is 4.67. The first-order valence-electron chi connectivity index (χ1n) is 11.4. The summed E-state index contributed by atoms with van der Waals surface area (Å²) in [6.07, 6.45) is 2.75. The van der Waals surface area contributed by atoms with Crippen LogP contribution < -0.4 is 5.32 Å². The summed E-state index contributed by atoms with van der Waals surface area (Å²) < 4.78 is 1.88. The van der Waals surface area contributed by atoms with Crippen molar-refractivity contribution in [3.8, 4) is 11.3 Å². The number of nitrogens with one attached hydrogen (secondary N) is 1. The molecular formula is C27H25N5O2. The number of nitrogens with zero attached hydrogens (tertiary/aromatic N) is 4. The lowest BCUT2D eigenvalue weighted by Gasteiger charge is -2.12. The number of aromatic nitrogens is 2. The Morgan fingerprint density at radius 1 is 0.912 bits per heavy atom. The third-order valence-electron chi connectivity index (χ3n) is 5.91. The number of amides is 2. The number of carbonyl (C=O) groups excluding carboxylic acids is 2. The van der Waals surface area contributed by atoms with Crippen LogP contribution >= 0.6 is 0 Å². The molecule has 7 nitrogen and oxygen atoms in total. The molecule has 2 amide bonds. The van der Waals surface area contributed by atoms with Crippen LogP contribution in [0, 0.1) is 6.92 Å². The SMILES string of the molecule is Cc1cccn2c(NC(=O)CCC(=O)N3CCC(c4ccccc4)=N3)c(-c3ccccc3)nc12. The van der Waals surface area contributed by atoms with Gasteiger partial charge in [-0.05, 0) is 24.1 Å². The first-order valence-corrected chi connectivity index (χ1v) is 11.4. The normalized spacial score (nSPS) is 13.2. The number of imidazole rings is 1. The van der Waals surface area contributed by atoms with Crippen molar-refractivity contribution in [2.75, 3.05) is 11.9 Å². The topological polar surface area (TPSA) is 79.1 Å². The van der Waals surface area contributed by atoms with Gasteiger partial charge in [0.25, 0.3) is 0 Å². The van der Waals surface area contributed by atoms with Gasteiger partial charge in [0, 0.05) is 31.0 Å². The van der Waals surface area contributed by atoms with E-state index in [1.165, 1.54) is 5.01 Å². The molecule has 0 radical (unpaired) electrons. The summed E-state index contributed by atoms with van der Waals surface area (Å²) in [5.41, 5.74) is 5.32. The van der Waals surface area contributed by atoms with Crippen LogP contribution in [0.5, 0.6) is 0 Å². The Bertz CT molecular complexity index is 1380. The highest BCUT2D eigenvalue weighted by Gasteiger charge is 2.23. The Kier molecular flexibility index (Phi) is 5.91. The van der Waals surface area contributed by atoms with Gasteiger partial charge in [-0.25, -0.2) is 9.99 Å². The van der Waals surface area contributed by atoms with Gasteiger partial charge < -0.3 is 5.32 Å². The van der Waals surface area contributed by atoms with E-state index in [4.69, 9.17) is 4.98 Å². The van der Waals surface area contributed by atoms with E-state index in [2.05, 4.69) is 10.4 Å². The summed E-state index contributed by atoms with van der Waals surface area (Å²) in [5, 5.41) is 8.94. The molecular weight excluding hydrogens is 426 g/mol. The quantitative estimate of drug-likeness (QED) is 0.463. The highest BCUT2D eigenvalue weighted by Crippen LogP contribution is 2.30. The number of carbonyl (C=O) groups is 2. The smallest absolute Gasteiger partial charge is 0.243 e. The molecule has 3 heterocycles. The Hall–Kier alpha value is -4.26. The van der Waals surface area contributed by atoms with Crippen LogP contribution in [-0.2, 0) is 9.59 Å². The van der Waals surface area contributed by atoms with Crippen LogP contribution in [-0.4, -0.2) is 38.5 Å². The summed E-state index contributed by atoms with van der Waals surface area (Å²) in [6.45, 7) is 2.52. The van der Waals surface area contributed by atoms with E-state index >= 15 is 0 Å². The zero-order chi connectivity index (χ0) is 23.5. The first kappa shape index (κ1) is 21.6. The van der Waals surface area contributed by atoms with Gasteiger partial charge in [0.1, 0.15) is 17.2 Å². The minimum absolute atomic E-state index is 0.0683. The van der Waals surface area contributed by atoms with E-state index in [0.29, 0.717) is 24.5 Å². The maximum atomic E-state index is 12.9. The highest BCUT2D eigenvalue weighted by atomic mass is 16.2. The summed E-state index contributed by atoms with van der Waals surface area (Å²) in [7, 11) is 0. The maximum Gasteiger partial charge on any atom is 0.243 e. The Labute approximate surface area is 197 Å². The minimum atomic E-state index is -0.236. The number of hydrogen-bond donors (Lipinski definition) is 1. The molecule has 0 spiro atoms. The molecule has 0 unspecified atom stereocenters. The predicted molar refractivity (Wildman–Crippen MR) is 133 cm³/mol. The number of aryl methyl sites for hydroxylation is 1. The number of pyridine rings is 1. The molecule has 1 aliphatic heterocycles. The molecule has 4 aromatic rings. The van der Waals surface area contributed by atoms with E-state index in [-0.39, 0.29) is 24.7 Å². The average Bonchev–Trinajstić information content (AvgIpc) is 3.50. The third kappa shape index (κ3) is 4.32. The molecule has 34 heavy (non-hydrogen) atoms. The van der Waals surface area contributed by atoms with Crippen molar-refractivity contribution < 1.29 is 9.59 Å². The molecule has 1 aliphatic rings. The number of benzene rings is 2. The van der Waals surface area contributed by atoms with E-state index in [9.17, 15) is 9.59 Å².